The van der Waals surface area contributed by atoms with Crippen molar-refractivity contribution in [2.45, 2.75) is 6.42 Å². The molecule has 1 heterocycles. The van der Waals surface area contributed by atoms with E-state index in [1.54, 1.807) is 6.08 Å². The monoisotopic (exact) mass is 166 g/mol. The predicted octanol–water partition coefficient (Wildman–Crippen LogP) is 0.834. The van der Waals surface area contributed by atoms with Gasteiger partial charge in [0, 0.05) is 19.6 Å². The van der Waals surface area contributed by atoms with Crippen LogP contribution in [0.2, 0.25) is 0 Å². The smallest absolute Gasteiger partial charge is 0.317 e. The first-order valence-corrected chi connectivity index (χ1v) is 4.45. The highest BCUT2D eigenvalue weighted by Crippen LogP contribution is 2.44. The fourth-order valence-corrected chi connectivity index (χ4v) is 1.84. The van der Waals surface area contributed by atoms with Crippen molar-refractivity contribution in [3.05, 3.63) is 12.7 Å². The van der Waals surface area contributed by atoms with Crippen LogP contribution >= 0.6 is 0 Å². The molecule has 2 unspecified atom stereocenters. The summed E-state index contributed by atoms with van der Waals surface area (Å²) in [5.41, 5.74) is 0. The normalized spacial score (nSPS) is 31.2. The van der Waals surface area contributed by atoms with E-state index in [-0.39, 0.29) is 6.03 Å². The number of hydrogen-bond donors (Lipinski definition) is 1. The molecule has 1 saturated heterocycles. The summed E-state index contributed by atoms with van der Waals surface area (Å²) < 4.78 is 0. The minimum absolute atomic E-state index is 0.0714. The van der Waals surface area contributed by atoms with Crippen molar-refractivity contribution in [1.82, 2.24) is 10.2 Å². The SMILES string of the molecule is C=CCNC(=O)N1CC2CC2C1. The van der Waals surface area contributed by atoms with Crippen molar-refractivity contribution in [3.63, 3.8) is 0 Å². The minimum Gasteiger partial charge on any atom is -0.335 e. The van der Waals surface area contributed by atoms with E-state index in [0.717, 1.165) is 24.9 Å². The number of carbonyl (C=O) groups is 1. The van der Waals surface area contributed by atoms with Crippen LogP contribution < -0.4 is 5.32 Å². The number of likely N-dealkylation sites (tertiary alicyclic amines) is 1. The number of nitrogens with one attached hydrogen (secondary N) is 1. The summed E-state index contributed by atoms with van der Waals surface area (Å²) in [7, 11) is 0. The molecular formula is C9H14N2O. The van der Waals surface area contributed by atoms with Crippen molar-refractivity contribution in [2.75, 3.05) is 19.6 Å². The standard InChI is InChI=1S/C9H14N2O/c1-2-3-10-9(12)11-5-7-4-8(7)6-11/h2,7-8H,1,3-6H2,(H,10,12). The fraction of sp³-hybridized carbons (Fsp3) is 0.667. The van der Waals surface area contributed by atoms with Crippen LogP contribution in [0.3, 0.4) is 0 Å². The lowest BCUT2D eigenvalue weighted by molar-refractivity contribution is 0.205. The Bertz CT molecular complexity index is 205. The second-order valence-corrected chi connectivity index (χ2v) is 3.64. The van der Waals surface area contributed by atoms with E-state index in [1.165, 1.54) is 6.42 Å². The highest BCUT2D eigenvalue weighted by molar-refractivity contribution is 5.74. The van der Waals surface area contributed by atoms with Crippen molar-refractivity contribution in [1.29, 1.82) is 0 Å². The van der Waals surface area contributed by atoms with Crippen molar-refractivity contribution in [2.24, 2.45) is 11.8 Å². The Kier molecular flexibility index (Phi) is 1.79. The lowest BCUT2D eigenvalue weighted by atomic mass is 10.4. The molecule has 1 aliphatic carbocycles. The molecule has 0 aromatic heterocycles. The molecule has 2 aliphatic rings. The molecule has 0 bridgehead atoms. The lowest BCUT2D eigenvalue weighted by Crippen LogP contribution is -2.39. The zero-order valence-corrected chi connectivity index (χ0v) is 7.12. The topological polar surface area (TPSA) is 32.3 Å². The van der Waals surface area contributed by atoms with Gasteiger partial charge in [-0.2, -0.15) is 0 Å². The maximum absolute atomic E-state index is 11.3. The van der Waals surface area contributed by atoms with E-state index in [4.69, 9.17) is 0 Å². The van der Waals surface area contributed by atoms with Crippen LogP contribution in [0.15, 0.2) is 12.7 Å². The number of fused-ring (bicyclic) bond motifs is 1. The number of urea groups is 1. The summed E-state index contributed by atoms with van der Waals surface area (Å²) in [6.45, 7) is 6.06. The van der Waals surface area contributed by atoms with E-state index < -0.39 is 0 Å². The minimum atomic E-state index is 0.0714. The summed E-state index contributed by atoms with van der Waals surface area (Å²) >= 11 is 0. The number of hydrogen-bond acceptors (Lipinski definition) is 1. The van der Waals surface area contributed by atoms with E-state index in [1.807, 2.05) is 4.90 Å². The molecule has 0 aromatic carbocycles. The Hall–Kier alpha value is -0.990. The lowest BCUT2D eigenvalue weighted by Gasteiger charge is -2.17. The Labute approximate surface area is 72.4 Å². The molecular weight excluding hydrogens is 152 g/mol. The fourth-order valence-electron chi connectivity index (χ4n) is 1.84. The van der Waals surface area contributed by atoms with E-state index in [0.29, 0.717) is 6.54 Å². The molecule has 66 valence electrons. The van der Waals surface area contributed by atoms with Crippen molar-refractivity contribution in [3.8, 4) is 0 Å². The zero-order chi connectivity index (χ0) is 8.55. The summed E-state index contributed by atoms with van der Waals surface area (Å²) in [4.78, 5) is 13.2. The van der Waals surface area contributed by atoms with Gasteiger partial charge < -0.3 is 10.2 Å². The van der Waals surface area contributed by atoms with Gasteiger partial charge >= 0.3 is 6.03 Å². The molecule has 1 aliphatic heterocycles. The number of piperidine rings is 1. The van der Waals surface area contributed by atoms with Gasteiger partial charge in [0.25, 0.3) is 0 Å². The first-order valence-electron chi connectivity index (χ1n) is 4.45. The highest BCUT2D eigenvalue weighted by atomic mass is 16.2. The van der Waals surface area contributed by atoms with Crippen LogP contribution in [0.1, 0.15) is 6.42 Å². The maximum atomic E-state index is 11.3. The third-order valence-electron chi connectivity index (χ3n) is 2.66. The van der Waals surface area contributed by atoms with Gasteiger partial charge in [0.15, 0.2) is 0 Å². The Balaban J connectivity index is 1.77. The van der Waals surface area contributed by atoms with Gasteiger partial charge in [0.1, 0.15) is 0 Å². The first-order chi connectivity index (χ1) is 5.81. The van der Waals surface area contributed by atoms with Gasteiger partial charge in [-0.3, -0.25) is 0 Å². The molecule has 0 aromatic rings. The third kappa shape index (κ3) is 1.31. The summed E-state index contributed by atoms with van der Waals surface area (Å²) in [6.07, 6.45) is 3.04. The second kappa shape index (κ2) is 2.81. The highest BCUT2D eigenvalue weighted by Gasteiger charge is 2.46. The third-order valence-corrected chi connectivity index (χ3v) is 2.66. The molecule has 3 heteroatoms. The molecule has 2 rings (SSSR count). The number of amides is 2. The van der Waals surface area contributed by atoms with E-state index >= 15 is 0 Å². The molecule has 0 radical (unpaired) electrons. The second-order valence-electron chi connectivity index (χ2n) is 3.64. The molecule has 2 atom stereocenters. The Morgan fingerprint density at radius 2 is 2.25 bits per heavy atom. The van der Waals surface area contributed by atoms with Crippen molar-refractivity contribution < 1.29 is 4.79 Å². The largest absolute Gasteiger partial charge is 0.335 e. The quantitative estimate of drug-likeness (QED) is 0.605. The van der Waals surface area contributed by atoms with Gasteiger partial charge in [0.05, 0.1) is 0 Å². The molecule has 1 saturated carbocycles. The first kappa shape index (κ1) is 7.65. The number of carbonyl (C=O) groups excluding carboxylic acids is 1. The van der Waals surface area contributed by atoms with Gasteiger partial charge in [0.2, 0.25) is 0 Å². The van der Waals surface area contributed by atoms with Crippen molar-refractivity contribution >= 4 is 6.03 Å². The average molecular weight is 166 g/mol. The zero-order valence-electron chi connectivity index (χ0n) is 7.12. The van der Waals surface area contributed by atoms with Crippen LogP contribution in [0.25, 0.3) is 0 Å². The van der Waals surface area contributed by atoms with Gasteiger partial charge in [-0.25, -0.2) is 4.79 Å². The van der Waals surface area contributed by atoms with Gasteiger partial charge in [-0.05, 0) is 18.3 Å². The van der Waals surface area contributed by atoms with Crippen LogP contribution in [-0.2, 0) is 0 Å². The Morgan fingerprint density at radius 1 is 1.58 bits per heavy atom. The van der Waals surface area contributed by atoms with Crippen LogP contribution in [0.5, 0.6) is 0 Å². The van der Waals surface area contributed by atoms with Crippen LogP contribution in [-0.4, -0.2) is 30.6 Å². The summed E-state index contributed by atoms with van der Waals surface area (Å²) in [6, 6.07) is 0.0714. The summed E-state index contributed by atoms with van der Waals surface area (Å²) in [5, 5.41) is 2.78. The van der Waals surface area contributed by atoms with Gasteiger partial charge in [-0.1, -0.05) is 6.08 Å². The molecule has 0 spiro atoms. The summed E-state index contributed by atoms with van der Waals surface area (Å²) in [5.74, 6) is 1.64. The molecule has 2 fully saturated rings. The van der Waals surface area contributed by atoms with Gasteiger partial charge in [-0.15, -0.1) is 6.58 Å². The molecule has 2 amide bonds. The number of rotatable bonds is 2. The van der Waals surface area contributed by atoms with E-state index in [2.05, 4.69) is 11.9 Å². The molecule has 12 heavy (non-hydrogen) atoms. The predicted molar refractivity (Wildman–Crippen MR) is 46.8 cm³/mol. The van der Waals surface area contributed by atoms with Crippen LogP contribution in [0.4, 0.5) is 4.79 Å². The Morgan fingerprint density at radius 3 is 2.83 bits per heavy atom. The average Bonchev–Trinajstić information content (AvgIpc) is 2.69. The maximum Gasteiger partial charge on any atom is 0.317 e. The molecule has 1 N–H and O–H groups in total. The molecule has 3 nitrogen and oxygen atoms in total. The van der Waals surface area contributed by atoms with Crippen LogP contribution in [0, 0.1) is 11.8 Å². The number of nitrogens with zero attached hydrogens (tertiary/aromatic N) is 1. The van der Waals surface area contributed by atoms with E-state index in [9.17, 15) is 4.79 Å².